The first-order valence-corrected chi connectivity index (χ1v) is 8.82. The Bertz CT molecular complexity index is 749. The molecule has 0 unspecified atom stereocenters. The van der Waals surface area contributed by atoms with Gasteiger partial charge in [-0.25, -0.2) is 8.42 Å². The van der Waals surface area contributed by atoms with Gasteiger partial charge in [0.15, 0.2) is 5.75 Å². The van der Waals surface area contributed by atoms with Crippen LogP contribution in [0.25, 0.3) is 0 Å². The number of nitrogens with zero attached hydrogens (tertiary/aromatic N) is 2. The lowest BCUT2D eigenvalue weighted by atomic mass is 10.0. The molecule has 0 spiro atoms. The summed E-state index contributed by atoms with van der Waals surface area (Å²) in [7, 11) is -1.32. The molecule has 1 heterocycles. The van der Waals surface area contributed by atoms with Crippen molar-refractivity contribution in [3.8, 4) is 5.75 Å². The summed E-state index contributed by atoms with van der Waals surface area (Å²) in [4.78, 5) is 22.2. The molecule has 1 aromatic carbocycles. The number of nitrogens with one attached hydrogen (secondary N) is 1. The van der Waals surface area contributed by atoms with Crippen molar-refractivity contribution in [2.45, 2.75) is 30.2 Å². The van der Waals surface area contributed by atoms with Crippen molar-refractivity contribution in [2.75, 3.05) is 20.7 Å². The fourth-order valence-electron chi connectivity index (χ4n) is 2.73. The van der Waals surface area contributed by atoms with Gasteiger partial charge in [0, 0.05) is 19.7 Å². The zero-order valence-corrected chi connectivity index (χ0v) is 14.2. The van der Waals surface area contributed by atoms with E-state index >= 15 is 0 Å². The summed E-state index contributed by atoms with van der Waals surface area (Å²) < 4.78 is 31.7. The molecule has 10 heteroatoms. The van der Waals surface area contributed by atoms with E-state index in [1.54, 1.807) is 0 Å². The zero-order valence-electron chi connectivity index (χ0n) is 13.4. The van der Waals surface area contributed by atoms with Gasteiger partial charge in [0.2, 0.25) is 15.9 Å². The molecular formula is C14H19N3O6S. The van der Waals surface area contributed by atoms with Crippen molar-refractivity contribution < 1.29 is 22.9 Å². The van der Waals surface area contributed by atoms with Crippen LogP contribution < -0.4 is 10.1 Å². The predicted octanol–water partition coefficient (Wildman–Crippen LogP) is 0.893. The van der Waals surface area contributed by atoms with E-state index < -0.39 is 26.7 Å². The number of ether oxygens (including phenoxy) is 1. The molecule has 1 amide bonds. The number of piperidine rings is 1. The van der Waals surface area contributed by atoms with E-state index in [9.17, 15) is 23.3 Å². The Morgan fingerprint density at radius 2 is 2.12 bits per heavy atom. The Morgan fingerprint density at radius 1 is 1.42 bits per heavy atom. The van der Waals surface area contributed by atoms with Crippen LogP contribution in [0.4, 0.5) is 5.69 Å². The summed E-state index contributed by atoms with van der Waals surface area (Å²) in [5.74, 6) is -0.415. The molecule has 1 aliphatic heterocycles. The third kappa shape index (κ3) is 3.34. The third-order valence-electron chi connectivity index (χ3n) is 3.96. The summed E-state index contributed by atoms with van der Waals surface area (Å²) in [5, 5.41) is 13.6. The number of carbonyl (C=O) groups is 1. The van der Waals surface area contributed by atoms with Gasteiger partial charge in [-0.1, -0.05) is 6.42 Å². The molecule has 0 aromatic heterocycles. The number of carbonyl (C=O) groups excluding carboxylic acids is 1. The zero-order chi connectivity index (χ0) is 17.9. The highest BCUT2D eigenvalue weighted by Gasteiger charge is 2.38. The van der Waals surface area contributed by atoms with Gasteiger partial charge >= 0.3 is 5.69 Å². The highest BCUT2D eigenvalue weighted by atomic mass is 32.2. The summed E-state index contributed by atoms with van der Waals surface area (Å²) in [6.45, 7) is 0.195. The van der Waals surface area contributed by atoms with Crippen molar-refractivity contribution in [3.05, 3.63) is 28.3 Å². The van der Waals surface area contributed by atoms with Gasteiger partial charge in [-0.3, -0.25) is 14.9 Å². The van der Waals surface area contributed by atoms with Crippen LogP contribution in [0.15, 0.2) is 23.1 Å². The fourth-order valence-corrected chi connectivity index (χ4v) is 4.41. The number of rotatable bonds is 5. The quantitative estimate of drug-likeness (QED) is 0.617. The number of nitro groups is 1. The topological polar surface area (TPSA) is 119 Å². The van der Waals surface area contributed by atoms with E-state index in [0.717, 1.165) is 16.8 Å². The standard InChI is InChI=1S/C14H19N3O6S/c1-15-14(18)11-5-3-4-8-16(11)24(21,22)10-6-7-13(23-2)12(9-10)17(19)20/h6-7,9,11H,3-5,8H2,1-2H3,(H,15,18)/t11-/m0/s1. The first-order chi connectivity index (χ1) is 11.3. The second-order valence-electron chi connectivity index (χ2n) is 5.33. The predicted molar refractivity (Wildman–Crippen MR) is 85.2 cm³/mol. The van der Waals surface area contributed by atoms with Gasteiger partial charge in [-0.05, 0) is 25.0 Å². The number of hydrogen-bond acceptors (Lipinski definition) is 6. The van der Waals surface area contributed by atoms with Crippen molar-refractivity contribution >= 4 is 21.6 Å². The molecule has 1 atom stereocenters. The van der Waals surface area contributed by atoms with Crippen LogP contribution in [0.1, 0.15) is 19.3 Å². The van der Waals surface area contributed by atoms with Crippen LogP contribution in [0.2, 0.25) is 0 Å². The summed E-state index contributed by atoms with van der Waals surface area (Å²) in [6, 6.07) is 2.64. The SMILES string of the molecule is CNC(=O)[C@@H]1CCCCN1S(=O)(=O)c1ccc(OC)c([N+](=O)[O-])c1. The molecule has 24 heavy (non-hydrogen) atoms. The Balaban J connectivity index is 2.47. The minimum atomic E-state index is -4.03. The van der Waals surface area contributed by atoms with Gasteiger partial charge < -0.3 is 10.1 Å². The third-order valence-corrected chi connectivity index (χ3v) is 5.86. The minimum Gasteiger partial charge on any atom is -0.490 e. The highest BCUT2D eigenvalue weighted by molar-refractivity contribution is 7.89. The Labute approximate surface area is 139 Å². The first-order valence-electron chi connectivity index (χ1n) is 7.38. The summed E-state index contributed by atoms with van der Waals surface area (Å²) in [6.07, 6.45) is 1.79. The van der Waals surface area contributed by atoms with Gasteiger partial charge in [-0.2, -0.15) is 4.31 Å². The van der Waals surface area contributed by atoms with E-state index in [0.29, 0.717) is 12.8 Å². The van der Waals surface area contributed by atoms with Crippen LogP contribution in [0.3, 0.4) is 0 Å². The number of likely N-dealkylation sites (N-methyl/N-ethyl adjacent to an activating group) is 1. The molecule has 0 bridgehead atoms. The first kappa shape index (κ1) is 18.1. The molecule has 0 saturated carbocycles. The molecule has 1 aliphatic rings. The Morgan fingerprint density at radius 3 is 2.71 bits per heavy atom. The van der Waals surface area contributed by atoms with E-state index in [1.165, 1.54) is 26.3 Å². The molecule has 1 fully saturated rings. The van der Waals surface area contributed by atoms with Crippen molar-refractivity contribution in [3.63, 3.8) is 0 Å². The molecular weight excluding hydrogens is 338 g/mol. The van der Waals surface area contributed by atoms with Crippen LogP contribution >= 0.6 is 0 Å². The number of amides is 1. The fraction of sp³-hybridized carbons (Fsp3) is 0.500. The van der Waals surface area contributed by atoms with Gasteiger partial charge in [0.05, 0.1) is 16.9 Å². The average molecular weight is 357 g/mol. The molecule has 0 aliphatic carbocycles. The number of methoxy groups -OCH3 is 1. The lowest BCUT2D eigenvalue weighted by Crippen LogP contribution is -2.51. The van der Waals surface area contributed by atoms with Crippen LogP contribution in [-0.4, -0.2) is 50.3 Å². The summed E-state index contributed by atoms with van der Waals surface area (Å²) >= 11 is 0. The molecule has 2 rings (SSSR count). The number of benzene rings is 1. The monoisotopic (exact) mass is 357 g/mol. The van der Waals surface area contributed by atoms with Crippen LogP contribution in [0.5, 0.6) is 5.75 Å². The lowest BCUT2D eigenvalue weighted by Gasteiger charge is -2.33. The molecule has 132 valence electrons. The largest absolute Gasteiger partial charge is 0.490 e. The molecule has 9 nitrogen and oxygen atoms in total. The molecule has 0 radical (unpaired) electrons. The van der Waals surface area contributed by atoms with E-state index in [4.69, 9.17) is 4.74 Å². The van der Waals surface area contributed by atoms with Crippen molar-refractivity contribution in [2.24, 2.45) is 0 Å². The van der Waals surface area contributed by atoms with Gasteiger partial charge in [0.25, 0.3) is 0 Å². The van der Waals surface area contributed by atoms with E-state index in [-0.39, 0.29) is 23.1 Å². The minimum absolute atomic E-state index is 0.0274. The highest BCUT2D eigenvalue weighted by Crippen LogP contribution is 2.32. The van der Waals surface area contributed by atoms with Crippen LogP contribution in [-0.2, 0) is 14.8 Å². The lowest BCUT2D eigenvalue weighted by molar-refractivity contribution is -0.386. The Hall–Kier alpha value is -2.20. The number of sulfonamides is 1. The van der Waals surface area contributed by atoms with E-state index in [2.05, 4.69) is 5.32 Å². The molecule has 1 aromatic rings. The van der Waals surface area contributed by atoms with Gasteiger partial charge in [-0.15, -0.1) is 0 Å². The van der Waals surface area contributed by atoms with E-state index in [1.807, 2.05) is 0 Å². The summed E-state index contributed by atoms with van der Waals surface area (Å²) in [5.41, 5.74) is -0.438. The number of nitro benzene ring substituents is 1. The molecule has 1 saturated heterocycles. The smallest absolute Gasteiger partial charge is 0.312 e. The Kier molecular flexibility index (Phi) is 5.40. The molecule has 1 N–H and O–H groups in total. The second kappa shape index (κ2) is 7.14. The van der Waals surface area contributed by atoms with Crippen molar-refractivity contribution in [1.29, 1.82) is 0 Å². The van der Waals surface area contributed by atoms with Crippen LogP contribution in [0, 0.1) is 10.1 Å². The second-order valence-corrected chi connectivity index (χ2v) is 7.22. The number of hydrogen-bond donors (Lipinski definition) is 1. The average Bonchev–Trinajstić information content (AvgIpc) is 2.60. The van der Waals surface area contributed by atoms with Gasteiger partial charge in [0.1, 0.15) is 6.04 Å². The van der Waals surface area contributed by atoms with Crippen molar-refractivity contribution in [1.82, 2.24) is 9.62 Å². The maximum absolute atomic E-state index is 12.9. The maximum Gasteiger partial charge on any atom is 0.312 e. The maximum atomic E-state index is 12.9. The normalized spacial score (nSPS) is 18.8.